The molecule has 4 nitrogen and oxygen atoms in total. The van der Waals surface area contributed by atoms with Gasteiger partial charge >= 0.3 is 51.4 Å². The molecule has 0 N–H and O–H groups in total. The molecule has 1 aromatic rings. The number of rotatable bonds is 1. The molecule has 0 saturated heterocycles. The van der Waals surface area contributed by atoms with Gasteiger partial charge in [0.2, 0.25) is 0 Å². The van der Waals surface area contributed by atoms with Crippen LogP contribution in [0.3, 0.4) is 0 Å². The predicted octanol–water partition coefficient (Wildman–Crippen LogP) is 1.10. The van der Waals surface area contributed by atoms with E-state index >= 15 is 0 Å². The van der Waals surface area contributed by atoms with E-state index in [0.29, 0.717) is 28.6 Å². The van der Waals surface area contributed by atoms with Crippen LogP contribution >= 0.6 is 0 Å². The van der Waals surface area contributed by atoms with Crippen LogP contribution in [0.2, 0.25) is 0 Å². The Balaban J connectivity index is 0.00000225. The Labute approximate surface area is 189 Å². The molecule has 3 rings (SSSR count). The molecule has 0 fully saturated rings. The zero-order valence-corrected chi connectivity index (χ0v) is 17.8. The van der Waals surface area contributed by atoms with Crippen LogP contribution < -0.4 is 61.2 Å². The van der Waals surface area contributed by atoms with Crippen LogP contribution in [0.15, 0.2) is 70.9 Å². The van der Waals surface area contributed by atoms with E-state index < -0.39 is 0 Å². The van der Waals surface area contributed by atoms with Crippen molar-refractivity contribution in [1.29, 1.82) is 5.26 Å². The molecule has 2 aliphatic heterocycles. The fourth-order valence-corrected chi connectivity index (χ4v) is 2.58. The van der Waals surface area contributed by atoms with E-state index in [1.165, 1.54) is 12.1 Å². The molecule has 2 aliphatic rings. The Hall–Kier alpha value is -1.55. The third-order valence-corrected chi connectivity index (χ3v) is 3.79. The molecule has 0 saturated carbocycles. The largest absolute Gasteiger partial charge is 1.00 e. The molecule has 0 spiro atoms. The summed E-state index contributed by atoms with van der Waals surface area (Å²) in [4.78, 5) is 0. The first-order valence-corrected chi connectivity index (χ1v) is 7.54. The second kappa shape index (κ2) is 8.22. The van der Waals surface area contributed by atoms with E-state index in [0.717, 1.165) is 16.7 Å². The normalized spacial score (nSPS) is 19.1. The SMILES string of the molecule is CC1=C/C(=C(\C)C#N)C=C(/C=C2\C=C(C)c3ccc([O-])cc3O2)O1.[K+]. The minimum atomic E-state index is -0.0930. The molecule has 0 atom stereocenters. The van der Waals surface area contributed by atoms with E-state index in [2.05, 4.69) is 6.07 Å². The summed E-state index contributed by atoms with van der Waals surface area (Å²) in [6.07, 6.45) is 7.27. The van der Waals surface area contributed by atoms with Gasteiger partial charge in [-0.2, -0.15) is 5.26 Å². The van der Waals surface area contributed by atoms with E-state index in [1.807, 2.05) is 26.0 Å². The van der Waals surface area contributed by atoms with Crippen molar-refractivity contribution in [3.05, 3.63) is 76.5 Å². The summed E-state index contributed by atoms with van der Waals surface area (Å²) >= 11 is 0. The van der Waals surface area contributed by atoms with Crippen LogP contribution in [0.4, 0.5) is 0 Å². The maximum absolute atomic E-state index is 11.5. The smallest absolute Gasteiger partial charge is 0.872 e. The Kier molecular flexibility index (Phi) is 6.50. The van der Waals surface area contributed by atoms with Crippen molar-refractivity contribution in [2.75, 3.05) is 0 Å². The topological polar surface area (TPSA) is 65.3 Å². The van der Waals surface area contributed by atoms with Gasteiger partial charge in [0, 0.05) is 17.2 Å². The van der Waals surface area contributed by atoms with Gasteiger partial charge in [0.1, 0.15) is 23.0 Å². The summed E-state index contributed by atoms with van der Waals surface area (Å²) in [5, 5.41) is 20.6. The number of hydrogen-bond acceptors (Lipinski definition) is 4. The van der Waals surface area contributed by atoms with E-state index in [9.17, 15) is 5.11 Å². The molecule has 0 amide bonds. The van der Waals surface area contributed by atoms with Crippen LogP contribution in [0.5, 0.6) is 11.5 Å². The first-order chi connectivity index (χ1) is 11.5. The summed E-state index contributed by atoms with van der Waals surface area (Å²) in [6.45, 7) is 5.56. The molecule has 120 valence electrons. The second-order valence-corrected chi connectivity index (χ2v) is 5.73. The van der Waals surface area contributed by atoms with Gasteiger partial charge in [-0.25, -0.2) is 0 Å². The first-order valence-electron chi connectivity index (χ1n) is 7.54. The minimum Gasteiger partial charge on any atom is -0.872 e. The third kappa shape index (κ3) is 4.54. The average molecular weight is 357 g/mol. The Morgan fingerprint density at radius 3 is 2.64 bits per heavy atom. The molecule has 0 radical (unpaired) electrons. The van der Waals surface area contributed by atoms with Gasteiger partial charge in [-0.05, 0) is 56.2 Å². The summed E-state index contributed by atoms with van der Waals surface area (Å²) < 4.78 is 11.5. The van der Waals surface area contributed by atoms with Crippen LogP contribution in [0.25, 0.3) is 5.57 Å². The van der Waals surface area contributed by atoms with Crippen molar-refractivity contribution >= 4 is 5.57 Å². The molecule has 5 heteroatoms. The van der Waals surface area contributed by atoms with Crippen molar-refractivity contribution in [3.8, 4) is 17.6 Å². The maximum Gasteiger partial charge on any atom is 1.00 e. The van der Waals surface area contributed by atoms with Gasteiger partial charge in [-0.1, -0.05) is 12.1 Å². The number of nitriles is 1. The fraction of sp³-hybridized carbons (Fsp3) is 0.150. The monoisotopic (exact) mass is 357 g/mol. The molecular weight excluding hydrogens is 341 g/mol. The number of ether oxygens (including phenoxy) is 2. The van der Waals surface area contributed by atoms with E-state index in [-0.39, 0.29) is 57.1 Å². The zero-order chi connectivity index (χ0) is 17.3. The van der Waals surface area contributed by atoms with Crippen molar-refractivity contribution in [3.63, 3.8) is 0 Å². The van der Waals surface area contributed by atoms with Crippen LogP contribution in [-0.2, 0) is 4.74 Å². The number of nitrogens with zero attached hydrogens (tertiary/aromatic N) is 1. The van der Waals surface area contributed by atoms with Crippen LogP contribution in [0.1, 0.15) is 26.3 Å². The number of hydrogen-bond donors (Lipinski definition) is 0. The summed E-state index contributed by atoms with van der Waals surface area (Å²) in [7, 11) is 0. The summed E-state index contributed by atoms with van der Waals surface area (Å²) in [5.74, 6) is 2.32. The second-order valence-electron chi connectivity index (χ2n) is 5.73. The Morgan fingerprint density at radius 2 is 1.92 bits per heavy atom. The minimum absolute atomic E-state index is 0. The Morgan fingerprint density at radius 1 is 1.16 bits per heavy atom. The van der Waals surface area contributed by atoms with Crippen molar-refractivity contribution in [2.24, 2.45) is 0 Å². The molecule has 2 heterocycles. The van der Waals surface area contributed by atoms with E-state index in [4.69, 9.17) is 14.7 Å². The van der Waals surface area contributed by atoms with Gasteiger partial charge in [0.25, 0.3) is 0 Å². The molecular formula is C20H16KNO3. The Bertz CT molecular complexity index is 911. The first kappa shape index (κ1) is 19.8. The molecule has 1 aromatic carbocycles. The van der Waals surface area contributed by atoms with Crippen molar-refractivity contribution in [2.45, 2.75) is 20.8 Å². The fourth-order valence-electron chi connectivity index (χ4n) is 2.58. The number of allylic oxidation sites excluding steroid dienone is 8. The van der Waals surface area contributed by atoms with Crippen molar-refractivity contribution in [1.82, 2.24) is 0 Å². The average Bonchev–Trinajstić information content (AvgIpc) is 2.53. The predicted molar refractivity (Wildman–Crippen MR) is 89.5 cm³/mol. The van der Waals surface area contributed by atoms with Crippen molar-refractivity contribution < 1.29 is 66.0 Å². The zero-order valence-electron chi connectivity index (χ0n) is 14.7. The van der Waals surface area contributed by atoms with Crippen LogP contribution in [0, 0.1) is 11.3 Å². The van der Waals surface area contributed by atoms with E-state index in [1.54, 1.807) is 25.1 Å². The third-order valence-electron chi connectivity index (χ3n) is 3.79. The van der Waals surface area contributed by atoms with Crippen LogP contribution in [-0.4, -0.2) is 0 Å². The summed E-state index contributed by atoms with van der Waals surface area (Å²) in [5.41, 5.74) is 3.34. The van der Waals surface area contributed by atoms with Gasteiger partial charge in [-0.3, -0.25) is 0 Å². The molecule has 25 heavy (non-hydrogen) atoms. The van der Waals surface area contributed by atoms with Gasteiger partial charge < -0.3 is 14.6 Å². The maximum atomic E-state index is 11.5. The summed E-state index contributed by atoms with van der Waals surface area (Å²) in [6, 6.07) is 6.91. The molecule has 0 bridgehead atoms. The van der Waals surface area contributed by atoms with Gasteiger partial charge in [0.15, 0.2) is 0 Å². The number of benzene rings is 1. The molecule has 0 aromatic heterocycles. The molecule has 0 unspecified atom stereocenters. The number of fused-ring (bicyclic) bond motifs is 1. The molecule has 0 aliphatic carbocycles. The quantitative estimate of drug-likeness (QED) is 0.558. The van der Waals surface area contributed by atoms with Gasteiger partial charge in [0.05, 0.1) is 6.07 Å². The van der Waals surface area contributed by atoms with Gasteiger partial charge in [-0.15, -0.1) is 5.75 Å². The standard InChI is InChI=1S/C20H17NO3.K/c1-12-6-17(24-20-9-16(22)4-5-19(12)20)10-18-8-15(13(2)11-21)7-14(3)23-18;/h4-10,22H,1-3H3;/q;+1/p-1/b15-13-,17-10+;.